The second kappa shape index (κ2) is 2.73. The summed E-state index contributed by atoms with van der Waals surface area (Å²) in [7, 11) is 0. The van der Waals surface area contributed by atoms with Crippen LogP contribution in [-0.4, -0.2) is 28.2 Å². The Bertz CT molecular complexity index is 534. The minimum atomic E-state index is -4.78. The first-order chi connectivity index (χ1) is 8.20. The maximum absolute atomic E-state index is 14.0. The Balaban J connectivity index is 2.20. The van der Waals surface area contributed by atoms with Gasteiger partial charge in [-0.2, -0.15) is 17.6 Å². The van der Waals surface area contributed by atoms with Gasteiger partial charge in [-0.15, -0.1) is 0 Å². The molecule has 1 heterocycles. The first-order valence-electron chi connectivity index (χ1n) is 4.98. The van der Waals surface area contributed by atoms with Gasteiger partial charge in [0.2, 0.25) is 0 Å². The van der Waals surface area contributed by atoms with Gasteiger partial charge in [0.15, 0.2) is 0 Å². The zero-order valence-electron chi connectivity index (χ0n) is 8.60. The molecule has 1 saturated carbocycles. The number of aromatic nitrogens is 1. The lowest BCUT2D eigenvalue weighted by Gasteiger charge is -2.52. The monoisotopic (exact) mass is 265 g/mol. The molecule has 96 valence electrons. The molecule has 0 radical (unpaired) electrons. The molecule has 1 aromatic rings. The third-order valence-electron chi connectivity index (χ3n) is 3.43. The van der Waals surface area contributed by atoms with Crippen LogP contribution in [0.2, 0.25) is 0 Å². The Morgan fingerprint density at radius 1 is 0.889 bits per heavy atom. The topological polar surface area (TPSA) is 12.9 Å². The minimum Gasteiger partial charge on any atom is -0.256 e. The summed E-state index contributed by atoms with van der Waals surface area (Å²) in [6.45, 7) is 0. The molecule has 7 heteroatoms. The molecule has 4 rings (SSSR count). The van der Waals surface area contributed by atoms with Crippen molar-refractivity contribution in [2.24, 2.45) is 0 Å². The van der Waals surface area contributed by atoms with Crippen LogP contribution >= 0.6 is 0 Å². The maximum Gasteiger partial charge on any atom is 0.334 e. The number of hydrogen-bond acceptors (Lipinski definition) is 1. The molecule has 0 aliphatic heterocycles. The van der Waals surface area contributed by atoms with Crippen molar-refractivity contribution in [1.82, 2.24) is 4.98 Å². The number of pyridine rings is 1. The maximum atomic E-state index is 14.0. The molecule has 0 unspecified atom stereocenters. The zero-order valence-corrected chi connectivity index (χ0v) is 8.60. The summed E-state index contributed by atoms with van der Waals surface area (Å²) in [6, 6.07) is 3.78. The number of halogens is 6. The molecule has 0 atom stereocenters. The lowest BCUT2D eigenvalue weighted by Crippen LogP contribution is -2.81. The second-order valence-electron chi connectivity index (χ2n) is 4.29. The Kier molecular flexibility index (Phi) is 1.75. The predicted octanol–water partition coefficient (Wildman–Crippen LogP) is 3.18. The quantitative estimate of drug-likeness (QED) is 0.711. The minimum absolute atomic E-state index is 0.0463. The summed E-state index contributed by atoms with van der Waals surface area (Å²) < 4.78 is 80.7. The van der Waals surface area contributed by atoms with E-state index in [1.165, 1.54) is 12.1 Å². The second-order valence-corrected chi connectivity index (χ2v) is 4.29. The normalized spacial score (nSPS) is 39.1. The SMILES string of the molecule is FC1(F)C2(F)C=C(c3ccccn3)C1(F)C2(F)F. The number of hydrogen-bond donors (Lipinski definition) is 0. The highest BCUT2D eigenvalue weighted by atomic mass is 19.3. The largest absolute Gasteiger partial charge is 0.334 e. The molecule has 0 amide bonds. The third kappa shape index (κ3) is 0.795. The first kappa shape index (κ1) is 11.6. The highest BCUT2D eigenvalue weighted by molar-refractivity contribution is 5.84. The van der Waals surface area contributed by atoms with Crippen LogP contribution in [0, 0.1) is 0 Å². The summed E-state index contributed by atoms with van der Waals surface area (Å²) in [5.41, 5.74) is -10.1. The van der Waals surface area contributed by atoms with Crippen molar-refractivity contribution in [3.8, 4) is 0 Å². The van der Waals surface area contributed by atoms with Crippen molar-refractivity contribution in [3.63, 3.8) is 0 Å². The van der Waals surface area contributed by atoms with Gasteiger partial charge in [0.25, 0.3) is 11.3 Å². The molecule has 18 heavy (non-hydrogen) atoms. The lowest BCUT2D eigenvalue weighted by molar-refractivity contribution is -0.387. The molecule has 0 saturated heterocycles. The van der Waals surface area contributed by atoms with Gasteiger partial charge in [-0.25, -0.2) is 8.78 Å². The smallest absolute Gasteiger partial charge is 0.256 e. The van der Waals surface area contributed by atoms with E-state index in [4.69, 9.17) is 0 Å². The Morgan fingerprint density at radius 2 is 1.50 bits per heavy atom. The van der Waals surface area contributed by atoms with Crippen molar-refractivity contribution in [3.05, 3.63) is 36.2 Å². The lowest BCUT2D eigenvalue weighted by atomic mass is 9.66. The van der Waals surface area contributed by atoms with Crippen LogP contribution in [0.15, 0.2) is 30.5 Å². The average molecular weight is 265 g/mol. The van der Waals surface area contributed by atoms with E-state index < -0.39 is 34.4 Å². The van der Waals surface area contributed by atoms with Crippen LogP contribution in [0.4, 0.5) is 26.3 Å². The molecule has 1 aromatic heterocycles. The van der Waals surface area contributed by atoms with Crippen molar-refractivity contribution in [2.45, 2.75) is 23.2 Å². The fraction of sp³-hybridized carbons (Fsp3) is 0.364. The molecule has 1 fully saturated rings. The Morgan fingerprint density at radius 3 is 1.89 bits per heavy atom. The standard InChI is InChI=1S/C11H5F6N/c12-8-5-6(7-3-1-2-4-18-7)9(13,10(8,14)15)11(8,16)17/h1-5H. The summed E-state index contributed by atoms with van der Waals surface area (Å²) >= 11 is 0. The fourth-order valence-electron chi connectivity index (χ4n) is 2.42. The van der Waals surface area contributed by atoms with Crippen LogP contribution in [0.3, 0.4) is 0 Å². The van der Waals surface area contributed by atoms with Crippen molar-refractivity contribution >= 4 is 5.57 Å². The van der Waals surface area contributed by atoms with Gasteiger partial charge in [0.1, 0.15) is 0 Å². The molecular weight excluding hydrogens is 260 g/mol. The van der Waals surface area contributed by atoms with E-state index in [0.717, 1.165) is 12.3 Å². The fourth-order valence-corrected chi connectivity index (χ4v) is 2.42. The van der Waals surface area contributed by atoms with Crippen LogP contribution < -0.4 is 0 Å². The highest BCUT2D eigenvalue weighted by Gasteiger charge is 3.01. The Labute approximate surface area is 97.1 Å². The van der Waals surface area contributed by atoms with Gasteiger partial charge in [-0.3, -0.25) is 4.98 Å². The molecule has 0 spiro atoms. The van der Waals surface area contributed by atoms with E-state index in [1.54, 1.807) is 0 Å². The summed E-state index contributed by atoms with van der Waals surface area (Å²) in [5.74, 6) is -9.56. The molecule has 1 nitrogen and oxygen atoms in total. The van der Waals surface area contributed by atoms with Crippen LogP contribution in [0.25, 0.3) is 5.57 Å². The summed E-state index contributed by atoms with van der Waals surface area (Å²) in [5, 5.41) is 0. The molecule has 0 aromatic carbocycles. The van der Waals surface area contributed by atoms with E-state index >= 15 is 0 Å². The van der Waals surface area contributed by atoms with Crippen molar-refractivity contribution in [2.75, 3.05) is 0 Å². The van der Waals surface area contributed by atoms with Crippen LogP contribution in [-0.2, 0) is 0 Å². The van der Waals surface area contributed by atoms with E-state index in [9.17, 15) is 26.3 Å². The molecule has 3 aliphatic carbocycles. The molecular formula is C11H5F6N. The number of alkyl halides is 6. The predicted molar refractivity (Wildman–Crippen MR) is 49.8 cm³/mol. The zero-order chi connectivity index (χ0) is 13.4. The molecule has 2 bridgehead atoms. The van der Waals surface area contributed by atoms with Gasteiger partial charge in [-0.05, 0) is 18.2 Å². The van der Waals surface area contributed by atoms with Gasteiger partial charge in [-0.1, -0.05) is 6.07 Å². The first-order valence-corrected chi connectivity index (χ1v) is 4.98. The summed E-state index contributed by atoms with van der Waals surface area (Å²) in [4.78, 5) is 3.50. The number of allylic oxidation sites excluding steroid dienone is 2. The third-order valence-corrected chi connectivity index (χ3v) is 3.43. The molecule has 0 N–H and O–H groups in total. The average Bonchev–Trinajstić information content (AvgIpc) is 2.61. The van der Waals surface area contributed by atoms with Gasteiger partial charge in [0, 0.05) is 11.8 Å². The van der Waals surface area contributed by atoms with Crippen LogP contribution in [0.1, 0.15) is 5.69 Å². The van der Waals surface area contributed by atoms with Crippen molar-refractivity contribution < 1.29 is 26.3 Å². The number of rotatable bonds is 1. The van der Waals surface area contributed by atoms with E-state index in [-0.39, 0.29) is 6.08 Å². The molecule has 3 aliphatic rings. The van der Waals surface area contributed by atoms with Gasteiger partial charge in [0.05, 0.1) is 5.69 Å². The van der Waals surface area contributed by atoms with Gasteiger partial charge < -0.3 is 0 Å². The van der Waals surface area contributed by atoms with Gasteiger partial charge >= 0.3 is 11.8 Å². The van der Waals surface area contributed by atoms with E-state index in [2.05, 4.69) is 4.98 Å². The Hall–Kier alpha value is -1.53. The van der Waals surface area contributed by atoms with Crippen LogP contribution in [0.5, 0.6) is 0 Å². The number of nitrogens with zero attached hydrogens (tertiary/aromatic N) is 1. The highest BCUT2D eigenvalue weighted by Crippen LogP contribution is 2.77. The van der Waals surface area contributed by atoms with E-state index in [1.807, 2.05) is 0 Å². The van der Waals surface area contributed by atoms with Crippen molar-refractivity contribution in [1.29, 1.82) is 0 Å². The summed E-state index contributed by atoms with van der Waals surface area (Å²) in [6.07, 6.45) is 1.08. The van der Waals surface area contributed by atoms with E-state index in [0.29, 0.717) is 0 Å².